The second kappa shape index (κ2) is 9.43. The van der Waals surface area contributed by atoms with Crippen molar-refractivity contribution in [2.24, 2.45) is 7.05 Å². The number of nitrogens with one attached hydrogen (secondary N) is 1. The Bertz CT molecular complexity index is 1140. The molecule has 2 aromatic heterocycles. The molecule has 4 rings (SSSR count). The highest BCUT2D eigenvalue weighted by Gasteiger charge is 2.51. The van der Waals surface area contributed by atoms with E-state index in [1.807, 2.05) is 27.7 Å². The van der Waals surface area contributed by atoms with Crippen LogP contribution in [0.3, 0.4) is 0 Å². The fourth-order valence-corrected chi connectivity index (χ4v) is 4.54. The Kier molecular flexibility index (Phi) is 6.82. The average molecular weight is 511 g/mol. The van der Waals surface area contributed by atoms with Crippen LogP contribution in [-0.4, -0.2) is 66.4 Å². The Balaban J connectivity index is 1.52. The third kappa shape index (κ3) is 5.36. The van der Waals surface area contributed by atoms with Crippen molar-refractivity contribution in [3.8, 4) is 0 Å². The maximum atomic E-state index is 13.0. The van der Waals surface area contributed by atoms with Crippen molar-refractivity contribution in [2.75, 3.05) is 11.9 Å². The Morgan fingerprint density at radius 2 is 2.03 bits per heavy atom. The zero-order valence-corrected chi connectivity index (χ0v) is 21.0. The zero-order chi connectivity index (χ0) is 26.4. The molecule has 0 radical (unpaired) electrons. The predicted octanol–water partition coefficient (Wildman–Crippen LogP) is 3.73. The van der Waals surface area contributed by atoms with Crippen LogP contribution in [0.5, 0.6) is 0 Å². The van der Waals surface area contributed by atoms with Gasteiger partial charge < -0.3 is 19.9 Å². The number of hydrogen-bond acceptors (Lipinski definition) is 6. The molecule has 0 unspecified atom stereocenters. The standard InChI is InChI=1S/C23H32F2N6O5/c1-22(2,3)31-18(26-19(32)16-8-13(27-29(16)5)11-36-20(24)25)10-15(28-31)17-9-14(12-35-17)30(21(33)34)23(4)6-7-23/h8,10,14,17,20H,6-7,9,11-12H2,1-5H3,(H,26,32)(H,33,34)/t14-,17-/m1/s1. The monoisotopic (exact) mass is 510 g/mol. The van der Waals surface area contributed by atoms with E-state index >= 15 is 0 Å². The van der Waals surface area contributed by atoms with Gasteiger partial charge in [0.15, 0.2) is 0 Å². The summed E-state index contributed by atoms with van der Waals surface area (Å²) in [5.41, 5.74) is 0.116. The molecule has 1 saturated heterocycles. The third-order valence-electron chi connectivity index (χ3n) is 6.56. The lowest BCUT2D eigenvalue weighted by atomic mass is 10.1. The Morgan fingerprint density at radius 1 is 1.33 bits per heavy atom. The van der Waals surface area contributed by atoms with Gasteiger partial charge in [0.25, 0.3) is 5.91 Å². The summed E-state index contributed by atoms with van der Waals surface area (Å²) in [6.07, 6.45) is 0.754. The van der Waals surface area contributed by atoms with Crippen LogP contribution in [0.1, 0.15) is 74.9 Å². The summed E-state index contributed by atoms with van der Waals surface area (Å²) in [4.78, 5) is 26.4. The average Bonchev–Trinajstić information content (AvgIpc) is 3.14. The minimum absolute atomic E-state index is 0.165. The number of alkyl halides is 2. The molecular formula is C23H32F2N6O5. The minimum Gasteiger partial charge on any atom is -0.465 e. The number of carbonyl (C=O) groups excluding carboxylic acids is 1. The number of aromatic nitrogens is 4. The summed E-state index contributed by atoms with van der Waals surface area (Å²) in [6.45, 7) is 4.66. The van der Waals surface area contributed by atoms with Crippen LogP contribution in [0, 0.1) is 0 Å². The zero-order valence-electron chi connectivity index (χ0n) is 21.0. The molecule has 0 bridgehead atoms. The Labute approximate surface area is 207 Å². The molecule has 0 spiro atoms. The summed E-state index contributed by atoms with van der Waals surface area (Å²) in [7, 11) is 1.54. The first-order valence-electron chi connectivity index (χ1n) is 11.8. The largest absolute Gasteiger partial charge is 0.465 e. The maximum Gasteiger partial charge on any atom is 0.408 e. The molecule has 2 N–H and O–H groups in total. The number of halogens is 2. The number of rotatable bonds is 8. The molecule has 36 heavy (non-hydrogen) atoms. The summed E-state index contributed by atoms with van der Waals surface area (Å²) < 4.78 is 37.9. The summed E-state index contributed by atoms with van der Waals surface area (Å²) in [5, 5.41) is 21.3. The maximum absolute atomic E-state index is 13.0. The normalized spacial score (nSPS) is 21.1. The Morgan fingerprint density at radius 3 is 2.61 bits per heavy atom. The molecule has 13 heteroatoms. The molecule has 2 atom stereocenters. The highest BCUT2D eigenvalue weighted by Crippen LogP contribution is 2.45. The fourth-order valence-electron chi connectivity index (χ4n) is 4.54. The van der Waals surface area contributed by atoms with Crippen LogP contribution in [0.4, 0.5) is 19.4 Å². The van der Waals surface area contributed by atoms with Crippen LogP contribution < -0.4 is 5.32 Å². The number of carbonyl (C=O) groups is 2. The molecule has 3 heterocycles. The third-order valence-corrected chi connectivity index (χ3v) is 6.56. The first kappa shape index (κ1) is 26.0. The van der Waals surface area contributed by atoms with Crippen LogP contribution >= 0.6 is 0 Å². The topological polar surface area (TPSA) is 124 Å². The van der Waals surface area contributed by atoms with Gasteiger partial charge in [-0.3, -0.25) is 14.4 Å². The van der Waals surface area contributed by atoms with Gasteiger partial charge in [0.2, 0.25) is 0 Å². The molecule has 198 valence electrons. The van der Waals surface area contributed by atoms with Gasteiger partial charge in [-0.05, 0) is 46.6 Å². The first-order chi connectivity index (χ1) is 16.8. The van der Waals surface area contributed by atoms with Gasteiger partial charge in [-0.25, -0.2) is 9.48 Å². The molecule has 0 aromatic carbocycles. The molecule has 2 aromatic rings. The van der Waals surface area contributed by atoms with Crippen molar-refractivity contribution >= 4 is 17.8 Å². The van der Waals surface area contributed by atoms with E-state index in [1.165, 1.54) is 22.7 Å². The van der Waals surface area contributed by atoms with Crippen LogP contribution in [-0.2, 0) is 28.7 Å². The van der Waals surface area contributed by atoms with Crippen LogP contribution in [0.2, 0.25) is 0 Å². The second-order valence-corrected chi connectivity index (χ2v) is 10.6. The van der Waals surface area contributed by atoms with E-state index in [4.69, 9.17) is 4.74 Å². The number of anilines is 1. The van der Waals surface area contributed by atoms with E-state index < -0.39 is 36.9 Å². The van der Waals surface area contributed by atoms with E-state index in [9.17, 15) is 23.5 Å². The second-order valence-electron chi connectivity index (χ2n) is 10.6. The molecule has 11 nitrogen and oxygen atoms in total. The first-order valence-corrected chi connectivity index (χ1v) is 11.8. The number of ether oxygens (including phenoxy) is 2. The van der Waals surface area contributed by atoms with Crippen molar-refractivity contribution in [3.05, 3.63) is 29.2 Å². The van der Waals surface area contributed by atoms with Gasteiger partial charge in [0.05, 0.1) is 36.2 Å². The molecule has 2 fully saturated rings. The lowest BCUT2D eigenvalue weighted by Gasteiger charge is -2.31. The van der Waals surface area contributed by atoms with Gasteiger partial charge >= 0.3 is 12.7 Å². The number of hydrogen-bond donors (Lipinski definition) is 2. The molecule has 2 amide bonds. The Hall–Kier alpha value is -3.06. The van der Waals surface area contributed by atoms with E-state index in [0.29, 0.717) is 17.9 Å². The van der Waals surface area contributed by atoms with Crippen molar-refractivity contribution in [3.63, 3.8) is 0 Å². The van der Waals surface area contributed by atoms with Gasteiger partial charge in [-0.2, -0.15) is 19.0 Å². The number of amides is 2. The van der Waals surface area contributed by atoms with E-state index in [2.05, 4.69) is 20.3 Å². The van der Waals surface area contributed by atoms with Gasteiger partial charge in [0, 0.05) is 25.1 Å². The number of carboxylic acid groups (broad SMARTS) is 1. The smallest absolute Gasteiger partial charge is 0.408 e. The lowest BCUT2D eigenvalue weighted by Crippen LogP contribution is -2.47. The fraction of sp³-hybridized carbons (Fsp3) is 0.652. The molecule has 1 aliphatic heterocycles. The summed E-state index contributed by atoms with van der Waals surface area (Å²) in [5.74, 6) is -0.0699. The lowest BCUT2D eigenvalue weighted by molar-refractivity contribution is -0.138. The number of aryl methyl sites for hydroxylation is 1. The minimum atomic E-state index is -2.93. The molecule has 1 saturated carbocycles. The van der Waals surface area contributed by atoms with Crippen molar-refractivity contribution in [2.45, 2.75) is 83.4 Å². The highest BCUT2D eigenvalue weighted by molar-refractivity contribution is 6.02. The van der Waals surface area contributed by atoms with Crippen molar-refractivity contribution in [1.29, 1.82) is 0 Å². The van der Waals surface area contributed by atoms with Crippen LogP contribution in [0.25, 0.3) is 0 Å². The van der Waals surface area contributed by atoms with E-state index in [1.54, 1.807) is 10.7 Å². The SMILES string of the molecule is Cn1nc(COC(F)F)cc1C(=O)Nc1cc([C@H]2C[C@@H](N(C(=O)O)C3(C)CC3)CO2)nn1C(C)(C)C. The van der Waals surface area contributed by atoms with Crippen LogP contribution in [0.15, 0.2) is 12.1 Å². The van der Waals surface area contributed by atoms with E-state index in [-0.39, 0.29) is 29.6 Å². The van der Waals surface area contributed by atoms with Gasteiger partial charge in [-0.15, -0.1) is 0 Å². The highest BCUT2D eigenvalue weighted by atomic mass is 19.3. The quantitative estimate of drug-likeness (QED) is 0.555. The molecular weight excluding hydrogens is 478 g/mol. The molecule has 1 aliphatic carbocycles. The van der Waals surface area contributed by atoms with Gasteiger partial charge in [-0.1, -0.05) is 0 Å². The van der Waals surface area contributed by atoms with Gasteiger partial charge in [0.1, 0.15) is 17.6 Å². The number of nitrogens with zero attached hydrogens (tertiary/aromatic N) is 5. The van der Waals surface area contributed by atoms with Crippen molar-refractivity contribution < 1.29 is 33.0 Å². The van der Waals surface area contributed by atoms with Crippen molar-refractivity contribution in [1.82, 2.24) is 24.5 Å². The summed E-state index contributed by atoms with van der Waals surface area (Å²) in [6, 6.07) is 2.83. The van der Waals surface area contributed by atoms with E-state index in [0.717, 1.165) is 12.8 Å². The summed E-state index contributed by atoms with van der Waals surface area (Å²) >= 11 is 0. The molecule has 2 aliphatic rings. The predicted molar refractivity (Wildman–Crippen MR) is 124 cm³/mol.